The summed E-state index contributed by atoms with van der Waals surface area (Å²) < 4.78 is 1.62. The van der Waals surface area contributed by atoms with Crippen molar-refractivity contribution in [3.8, 4) is 5.69 Å². The van der Waals surface area contributed by atoms with E-state index < -0.39 is 5.97 Å². The van der Waals surface area contributed by atoms with Gasteiger partial charge in [0.15, 0.2) is 5.69 Å². The number of nitrogens with zero attached hydrogens (tertiary/aromatic N) is 2. The minimum atomic E-state index is -1.07. The molecule has 0 radical (unpaired) electrons. The van der Waals surface area contributed by atoms with Gasteiger partial charge in [0.2, 0.25) is 0 Å². The number of hydrogen-bond donors (Lipinski definition) is 1. The molecule has 4 nitrogen and oxygen atoms in total. The summed E-state index contributed by atoms with van der Waals surface area (Å²) in [5.41, 5.74) is 2.67. The number of halogens is 1. The van der Waals surface area contributed by atoms with Crippen LogP contribution in [0.3, 0.4) is 0 Å². The summed E-state index contributed by atoms with van der Waals surface area (Å²) in [7, 11) is 0. The Morgan fingerprint density at radius 2 is 1.90 bits per heavy atom. The summed E-state index contributed by atoms with van der Waals surface area (Å²) in [6.45, 7) is 1.99. The van der Waals surface area contributed by atoms with Crippen molar-refractivity contribution in [2.45, 2.75) is 6.92 Å². The summed E-state index contributed by atoms with van der Waals surface area (Å²) in [4.78, 5) is 11.3. The van der Waals surface area contributed by atoms with Crippen LogP contribution in [-0.4, -0.2) is 20.9 Å². The second kappa shape index (κ2) is 4.65. The molecule has 1 aromatic heterocycles. The van der Waals surface area contributed by atoms with E-state index in [1.165, 1.54) is 0 Å². The quantitative estimate of drug-likeness (QED) is 0.782. The first-order valence-electron chi connectivity index (χ1n) is 6.05. The van der Waals surface area contributed by atoms with Crippen molar-refractivity contribution in [2.75, 3.05) is 0 Å². The molecule has 3 rings (SSSR count). The van der Waals surface area contributed by atoms with E-state index in [0.717, 1.165) is 16.8 Å². The first kappa shape index (κ1) is 12.7. The molecule has 5 heteroatoms. The number of aryl methyl sites for hydroxylation is 1. The van der Waals surface area contributed by atoms with E-state index in [2.05, 4.69) is 5.10 Å². The summed E-state index contributed by atoms with van der Waals surface area (Å²) in [6, 6.07) is 12.8. The van der Waals surface area contributed by atoms with Crippen LogP contribution in [0.1, 0.15) is 16.1 Å². The zero-order valence-corrected chi connectivity index (χ0v) is 11.4. The second-order valence-corrected chi connectivity index (χ2v) is 5.00. The van der Waals surface area contributed by atoms with Crippen molar-refractivity contribution in [1.82, 2.24) is 9.78 Å². The molecule has 0 amide bonds. The van der Waals surface area contributed by atoms with Gasteiger partial charge in [-0.25, -0.2) is 9.48 Å². The van der Waals surface area contributed by atoms with E-state index in [9.17, 15) is 9.90 Å². The lowest BCUT2D eigenvalue weighted by Gasteiger charge is -2.03. The summed E-state index contributed by atoms with van der Waals surface area (Å²) >= 11 is 5.94. The molecule has 3 aromatic rings. The van der Waals surface area contributed by atoms with Crippen LogP contribution >= 0.6 is 11.6 Å². The van der Waals surface area contributed by atoms with Crippen LogP contribution in [0.25, 0.3) is 16.6 Å². The molecule has 1 heterocycles. The topological polar surface area (TPSA) is 55.1 Å². The molecule has 1 N–H and O–H groups in total. The van der Waals surface area contributed by atoms with Gasteiger partial charge >= 0.3 is 5.97 Å². The third kappa shape index (κ3) is 2.04. The Hall–Kier alpha value is -2.33. The molecule has 0 saturated carbocycles. The summed E-state index contributed by atoms with van der Waals surface area (Å²) in [5, 5.41) is 14.5. The standard InChI is InChI=1S/C15H11ClN2O2/c1-9-2-5-11(6-3-9)18-13-7-4-10(16)8-12(13)14(17-18)15(19)20/h2-8H,1H3,(H,19,20). The van der Waals surface area contributed by atoms with Crippen molar-refractivity contribution in [3.63, 3.8) is 0 Å². The molecular formula is C15H11ClN2O2. The number of carboxylic acid groups (broad SMARTS) is 1. The van der Waals surface area contributed by atoms with Crippen molar-refractivity contribution in [2.24, 2.45) is 0 Å². The highest BCUT2D eigenvalue weighted by atomic mass is 35.5. The molecule has 0 spiro atoms. The normalized spacial score (nSPS) is 10.9. The molecule has 100 valence electrons. The van der Waals surface area contributed by atoms with Gasteiger partial charge in [-0.1, -0.05) is 29.3 Å². The fraction of sp³-hybridized carbons (Fsp3) is 0.0667. The van der Waals surface area contributed by atoms with Crippen LogP contribution < -0.4 is 0 Å². The van der Waals surface area contributed by atoms with E-state index in [4.69, 9.17) is 11.6 Å². The number of fused-ring (bicyclic) bond motifs is 1. The lowest BCUT2D eigenvalue weighted by molar-refractivity contribution is 0.0692. The van der Waals surface area contributed by atoms with Gasteiger partial charge in [0.25, 0.3) is 0 Å². The molecule has 0 bridgehead atoms. The molecular weight excluding hydrogens is 276 g/mol. The molecule has 0 aliphatic carbocycles. The predicted molar refractivity (Wildman–Crippen MR) is 77.8 cm³/mol. The maximum atomic E-state index is 11.3. The Labute approximate surface area is 120 Å². The Morgan fingerprint density at radius 1 is 1.20 bits per heavy atom. The molecule has 0 unspecified atom stereocenters. The first-order valence-corrected chi connectivity index (χ1v) is 6.42. The largest absolute Gasteiger partial charge is 0.476 e. The van der Waals surface area contributed by atoms with E-state index in [1.54, 1.807) is 22.9 Å². The van der Waals surface area contributed by atoms with Gasteiger partial charge in [0, 0.05) is 10.4 Å². The van der Waals surface area contributed by atoms with Crippen LogP contribution in [0.5, 0.6) is 0 Å². The molecule has 20 heavy (non-hydrogen) atoms. The first-order chi connectivity index (χ1) is 9.56. The number of aromatic nitrogens is 2. The van der Waals surface area contributed by atoms with Crippen molar-refractivity contribution in [1.29, 1.82) is 0 Å². The third-order valence-electron chi connectivity index (χ3n) is 3.12. The lowest BCUT2D eigenvalue weighted by atomic mass is 10.2. The zero-order valence-electron chi connectivity index (χ0n) is 10.7. The Morgan fingerprint density at radius 3 is 2.55 bits per heavy atom. The average molecular weight is 287 g/mol. The average Bonchev–Trinajstić information content (AvgIpc) is 2.78. The summed E-state index contributed by atoms with van der Waals surface area (Å²) in [5.74, 6) is -1.07. The number of carboxylic acids is 1. The maximum absolute atomic E-state index is 11.3. The summed E-state index contributed by atoms with van der Waals surface area (Å²) in [6.07, 6.45) is 0. The van der Waals surface area contributed by atoms with Gasteiger partial charge in [0.05, 0.1) is 11.2 Å². The van der Waals surface area contributed by atoms with Gasteiger partial charge in [-0.05, 0) is 37.3 Å². The number of rotatable bonds is 2. The van der Waals surface area contributed by atoms with Gasteiger partial charge < -0.3 is 5.11 Å². The Balaban J connectivity index is 2.31. The minimum Gasteiger partial charge on any atom is -0.476 e. The van der Waals surface area contributed by atoms with Crippen LogP contribution in [0.2, 0.25) is 5.02 Å². The zero-order chi connectivity index (χ0) is 14.3. The Bertz CT molecular complexity index is 807. The molecule has 0 aliphatic heterocycles. The van der Waals surface area contributed by atoms with Crippen LogP contribution in [-0.2, 0) is 0 Å². The number of aromatic carboxylic acids is 1. The molecule has 2 aromatic carbocycles. The fourth-order valence-electron chi connectivity index (χ4n) is 2.13. The van der Waals surface area contributed by atoms with Crippen molar-refractivity contribution >= 4 is 28.5 Å². The van der Waals surface area contributed by atoms with Gasteiger partial charge in [-0.15, -0.1) is 0 Å². The number of benzene rings is 2. The minimum absolute atomic E-state index is 0.00285. The monoisotopic (exact) mass is 286 g/mol. The molecule has 0 fully saturated rings. The highest BCUT2D eigenvalue weighted by Crippen LogP contribution is 2.25. The third-order valence-corrected chi connectivity index (χ3v) is 3.36. The van der Waals surface area contributed by atoms with Crippen LogP contribution in [0.4, 0.5) is 0 Å². The van der Waals surface area contributed by atoms with E-state index in [0.29, 0.717) is 10.4 Å². The van der Waals surface area contributed by atoms with Crippen LogP contribution in [0, 0.1) is 6.92 Å². The van der Waals surface area contributed by atoms with Gasteiger partial charge in [-0.3, -0.25) is 0 Å². The number of hydrogen-bond acceptors (Lipinski definition) is 2. The van der Waals surface area contributed by atoms with E-state index >= 15 is 0 Å². The van der Waals surface area contributed by atoms with Crippen molar-refractivity contribution in [3.05, 3.63) is 58.7 Å². The predicted octanol–water partition coefficient (Wildman–Crippen LogP) is 3.69. The molecule has 0 atom stereocenters. The number of carbonyl (C=O) groups is 1. The lowest BCUT2D eigenvalue weighted by Crippen LogP contribution is -2.01. The maximum Gasteiger partial charge on any atom is 0.357 e. The van der Waals surface area contributed by atoms with Crippen molar-refractivity contribution < 1.29 is 9.90 Å². The second-order valence-electron chi connectivity index (χ2n) is 4.56. The van der Waals surface area contributed by atoms with Crippen LogP contribution in [0.15, 0.2) is 42.5 Å². The van der Waals surface area contributed by atoms with Gasteiger partial charge in [-0.2, -0.15) is 5.10 Å². The fourth-order valence-corrected chi connectivity index (χ4v) is 2.30. The highest BCUT2D eigenvalue weighted by Gasteiger charge is 2.17. The van der Waals surface area contributed by atoms with Gasteiger partial charge in [0.1, 0.15) is 0 Å². The van der Waals surface area contributed by atoms with E-state index in [1.807, 2.05) is 31.2 Å². The molecule has 0 saturated heterocycles. The SMILES string of the molecule is Cc1ccc(-n2nc(C(=O)O)c3cc(Cl)ccc32)cc1. The molecule has 0 aliphatic rings. The Kier molecular flexibility index (Phi) is 2.95. The smallest absolute Gasteiger partial charge is 0.357 e. The van der Waals surface area contributed by atoms with E-state index in [-0.39, 0.29) is 5.69 Å². The highest BCUT2D eigenvalue weighted by molar-refractivity contribution is 6.31.